The van der Waals surface area contributed by atoms with Gasteiger partial charge in [-0.15, -0.1) is 0 Å². The van der Waals surface area contributed by atoms with Gasteiger partial charge < -0.3 is 14.3 Å². The number of hydrogen-bond donors (Lipinski definition) is 1. The third-order valence-corrected chi connectivity index (χ3v) is 2.98. The third kappa shape index (κ3) is 4.53. The number of halogens is 3. The molecule has 0 aliphatic heterocycles. The molecule has 3 nitrogen and oxygen atoms in total. The molecular weight excluding hydrogens is 285 g/mol. The fourth-order valence-corrected chi connectivity index (χ4v) is 1.87. The molecule has 0 saturated heterocycles. The van der Waals surface area contributed by atoms with Crippen molar-refractivity contribution >= 4 is 0 Å². The van der Waals surface area contributed by atoms with Crippen molar-refractivity contribution in [2.45, 2.75) is 12.6 Å². The van der Waals surface area contributed by atoms with Crippen molar-refractivity contribution in [3.63, 3.8) is 0 Å². The first-order valence-electron chi connectivity index (χ1n) is 6.42. The van der Waals surface area contributed by atoms with E-state index in [1.165, 1.54) is 18.4 Å². The normalized spacial score (nSPS) is 13.1. The predicted octanol–water partition coefficient (Wildman–Crippen LogP) is 3.53. The van der Waals surface area contributed by atoms with Crippen molar-refractivity contribution in [1.29, 1.82) is 0 Å². The van der Waals surface area contributed by atoms with Crippen LogP contribution in [0.2, 0.25) is 0 Å². The summed E-state index contributed by atoms with van der Waals surface area (Å²) in [5, 5.41) is 9.29. The Balaban J connectivity index is 1.95. The highest BCUT2D eigenvalue weighted by atomic mass is 19.4. The largest absolute Gasteiger partial charge is 0.493 e. The van der Waals surface area contributed by atoms with Crippen LogP contribution in [0, 0.1) is 5.92 Å². The standard InChI is InChI=1S/C15H15F3O3/c16-15(17,18)12-3-1-4-14(8-12)21-10-11(9-19)7-13-5-2-6-20-13/h1-6,8,11,19H,7,9-10H2. The Labute approximate surface area is 120 Å². The molecule has 1 unspecified atom stereocenters. The number of ether oxygens (including phenoxy) is 1. The summed E-state index contributed by atoms with van der Waals surface area (Å²) < 4.78 is 48.2. The van der Waals surface area contributed by atoms with E-state index in [-0.39, 0.29) is 24.9 Å². The summed E-state index contributed by atoms with van der Waals surface area (Å²) >= 11 is 0. The molecule has 0 amide bonds. The van der Waals surface area contributed by atoms with Crippen LogP contribution in [0.15, 0.2) is 47.1 Å². The first kappa shape index (κ1) is 15.4. The first-order valence-corrected chi connectivity index (χ1v) is 6.42. The fraction of sp³-hybridized carbons (Fsp3) is 0.333. The maximum atomic E-state index is 12.6. The molecular formula is C15H15F3O3. The minimum atomic E-state index is -4.40. The number of aliphatic hydroxyl groups is 1. The summed E-state index contributed by atoms with van der Waals surface area (Å²) in [6, 6.07) is 8.18. The molecule has 1 aromatic carbocycles. The number of furan rings is 1. The van der Waals surface area contributed by atoms with Crippen LogP contribution >= 0.6 is 0 Å². The molecule has 0 aliphatic carbocycles. The highest BCUT2D eigenvalue weighted by molar-refractivity contribution is 5.30. The van der Waals surface area contributed by atoms with Crippen LogP contribution in [-0.2, 0) is 12.6 Å². The Morgan fingerprint density at radius 2 is 2.00 bits per heavy atom. The molecule has 21 heavy (non-hydrogen) atoms. The van der Waals surface area contributed by atoms with Crippen molar-refractivity contribution < 1.29 is 27.4 Å². The van der Waals surface area contributed by atoms with Crippen molar-refractivity contribution in [3.05, 3.63) is 54.0 Å². The lowest BCUT2D eigenvalue weighted by Gasteiger charge is -2.15. The van der Waals surface area contributed by atoms with Crippen LogP contribution in [-0.4, -0.2) is 18.3 Å². The Bertz CT molecular complexity index is 550. The molecule has 0 saturated carbocycles. The number of rotatable bonds is 6. The second-order valence-corrected chi connectivity index (χ2v) is 4.67. The van der Waals surface area contributed by atoms with E-state index in [0.717, 1.165) is 12.1 Å². The quantitative estimate of drug-likeness (QED) is 0.887. The van der Waals surface area contributed by atoms with Gasteiger partial charge in [0.05, 0.1) is 18.4 Å². The van der Waals surface area contributed by atoms with E-state index in [2.05, 4.69) is 0 Å². The van der Waals surface area contributed by atoms with Gasteiger partial charge in [-0.25, -0.2) is 0 Å². The summed E-state index contributed by atoms with van der Waals surface area (Å²) in [5.41, 5.74) is -0.758. The Hall–Kier alpha value is -1.95. The van der Waals surface area contributed by atoms with Crippen LogP contribution in [0.4, 0.5) is 13.2 Å². The van der Waals surface area contributed by atoms with Crippen molar-refractivity contribution in [2.24, 2.45) is 5.92 Å². The van der Waals surface area contributed by atoms with Crippen LogP contribution in [0.25, 0.3) is 0 Å². The molecule has 0 spiro atoms. The third-order valence-electron chi connectivity index (χ3n) is 2.98. The lowest BCUT2D eigenvalue weighted by atomic mass is 10.1. The average molecular weight is 300 g/mol. The second kappa shape index (κ2) is 6.67. The minimum absolute atomic E-state index is 0.110. The van der Waals surface area contributed by atoms with Gasteiger partial charge in [-0.3, -0.25) is 0 Å². The summed E-state index contributed by atoms with van der Waals surface area (Å²) in [5.74, 6) is 0.579. The molecule has 1 aromatic heterocycles. The van der Waals surface area contributed by atoms with Gasteiger partial charge in [0.1, 0.15) is 11.5 Å². The molecule has 1 heterocycles. The topological polar surface area (TPSA) is 42.6 Å². The number of aliphatic hydroxyl groups excluding tert-OH is 1. The lowest BCUT2D eigenvalue weighted by Crippen LogP contribution is -2.18. The maximum absolute atomic E-state index is 12.6. The van der Waals surface area contributed by atoms with Crippen LogP contribution in [0.3, 0.4) is 0 Å². The van der Waals surface area contributed by atoms with E-state index >= 15 is 0 Å². The van der Waals surface area contributed by atoms with Gasteiger partial charge >= 0.3 is 6.18 Å². The summed E-state index contributed by atoms with van der Waals surface area (Å²) in [6.45, 7) is -0.0296. The van der Waals surface area contributed by atoms with E-state index in [4.69, 9.17) is 9.15 Å². The van der Waals surface area contributed by atoms with Crippen molar-refractivity contribution in [1.82, 2.24) is 0 Å². The monoisotopic (exact) mass is 300 g/mol. The van der Waals surface area contributed by atoms with Gasteiger partial charge in [-0.2, -0.15) is 13.2 Å². The zero-order valence-corrected chi connectivity index (χ0v) is 11.1. The molecule has 1 atom stereocenters. The Morgan fingerprint density at radius 1 is 1.19 bits per heavy atom. The van der Waals surface area contributed by atoms with Gasteiger partial charge in [-0.05, 0) is 30.3 Å². The zero-order chi connectivity index (χ0) is 15.3. The molecule has 0 aliphatic rings. The Kier molecular flexibility index (Phi) is 4.90. The maximum Gasteiger partial charge on any atom is 0.416 e. The molecule has 2 rings (SSSR count). The predicted molar refractivity (Wildman–Crippen MR) is 69.9 cm³/mol. The van der Waals surface area contributed by atoms with Gasteiger partial charge in [-0.1, -0.05) is 6.07 Å². The minimum Gasteiger partial charge on any atom is -0.493 e. The fourth-order valence-electron chi connectivity index (χ4n) is 1.87. The lowest BCUT2D eigenvalue weighted by molar-refractivity contribution is -0.137. The van der Waals surface area contributed by atoms with E-state index < -0.39 is 11.7 Å². The van der Waals surface area contributed by atoms with E-state index in [9.17, 15) is 18.3 Å². The van der Waals surface area contributed by atoms with E-state index in [1.54, 1.807) is 12.1 Å². The van der Waals surface area contributed by atoms with E-state index in [0.29, 0.717) is 12.2 Å². The average Bonchev–Trinajstić information content (AvgIpc) is 2.95. The Morgan fingerprint density at radius 3 is 2.62 bits per heavy atom. The van der Waals surface area contributed by atoms with Crippen molar-refractivity contribution in [3.8, 4) is 5.75 Å². The first-order chi connectivity index (χ1) is 9.99. The molecule has 0 radical (unpaired) electrons. The number of alkyl halides is 3. The molecule has 2 aromatic rings. The van der Waals surface area contributed by atoms with Crippen LogP contribution in [0.5, 0.6) is 5.75 Å². The summed E-state index contributed by atoms with van der Waals surface area (Å²) in [7, 11) is 0. The van der Waals surface area contributed by atoms with Gasteiger partial charge in [0, 0.05) is 18.9 Å². The molecule has 1 N–H and O–H groups in total. The zero-order valence-electron chi connectivity index (χ0n) is 11.1. The van der Waals surface area contributed by atoms with Crippen LogP contribution in [0.1, 0.15) is 11.3 Å². The van der Waals surface area contributed by atoms with Gasteiger partial charge in [0.15, 0.2) is 0 Å². The molecule has 6 heteroatoms. The van der Waals surface area contributed by atoms with Crippen LogP contribution < -0.4 is 4.74 Å². The van der Waals surface area contributed by atoms with Gasteiger partial charge in [0.2, 0.25) is 0 Å². The summed E-state index contributed by atoms with van der Waals surface area (Å²) in [6.07, 6.45) is -2.41. The molecule has 0 fully saturated rings. The van der Waals surface area contributed by atoms with E-state index in [1.807, 2.05) is 0 Å². The van der Waals surface area contributed by atoms with Gasteiger partial charge in [0.25, 0.3) is 0 Å². The number of benzene rings is 1. The molecule has 114 valence electrons. The highest BCUT2D eigenvalue weighted by Gasteiger charge is 2.30. The summed E-state index contributed by atoms with van der Waals surface area (Å²) in [4.78, 5) is 0. The number of hydrogen-bond acceptors (Lipinski definition) is 3. The highest BCUT2D eigenvalue weighted by Crippen LogP contribution is 2.31. The SMILES string of the molecule is OCC(COc1cccc(C(F)(F)F)c1)Cc1ccco1. The molecule has 0 bridgehead atoms. The van der Waals surface area contributed by atoms with Crippen molar-refractivity contribution in [2.75, 3.05) is 13.2 Å². The smallest absolute Gasteiger partial charge is 0.416 e. The second-order valence-electron chi connectivity index (χ2n) is 4.67.